The Kier molecular flexibility index (Phi) is 7.70. The van der Waals surface area contributed by atoms with Crippen LogP contribution >= 0.6 is 27.7 Å². The van der Waals surface area contributed by atoms with Crippen LogP contribution in [-0.4, -0.2) is 17.7 Å². The Bertz CT molecular complexity index is 1260. The van der Waals surface area contributed by atoms with Crippen molar-refractivity contribution >= 4 is 50.5 Å². The molecule has 0 spiro atoms. The molecule has 1 heterocycles. The number of hydrogen-bond acceptors (Lipinski definition) is 5. The molecule has 1 fully saturated rings. The average Bonchev–Trinajstić information content (AvgIpc) is 3.16. The number of carbonyl (C=O) groups is 1. The van der Waals surface area contributed by atoms with Crippen LogP contribution in [0, 0.1) is 12.7 Å². The third-order valence-corrected chi connectivity index (χ3v) is 6.47. The van der Waals surface area contributed by atoms with E-state index in [1.807, 2.05) is 44.2 Å². The zero-order valence-electron chi connectivity index (χ0n) is 18.6. The molecule has 1 saturated heterocycles. The molecule has 0 radical (unpaired) electrons. The molecule has 0 aromatic heterocycles. The average molecular weight is 541 g/mol. The summed E-state index contributed by atoms with van der Waals surface area (Å²) in [5.41, 5.74) is 3.53. The molecular weight excluding hydrogens is 519 g/mol. The number of carbonyl (C=O) groups excluding carboxylic acids is 1. The van der Waals surface area contributed by atoms with E-state index in [-0.39, 0.29) is 18.3 Å². The van der Waals surface area contributed by atoms with Crippen molar-refractivity contribution in [2.75, 3.05) is 6.61 Å². The highest BCUT2D eigenvalue weighted by molar-refractivity contribution is 9.10. The highest BCUT2D eigenvalue weighted by atomic mass is 79.9. The molecule has 3 aromatic carbocycles. The van der Waals surface area contributed by atoms with Crippen LogP contribution in [0.4, 0.5) is 10.1 Å². The number of nitrogens with zero attached hydrogens (tertiary/aromatic N) is 1. The van der Waals surface area contributed by atoms with Crippen LogP contribution in [0.1, 0.15) is 23.6 Å². The summed E-state index contributed by atoms with van der Waals surface area (Å²) in [5.74, 6) is 0.596. The number of halogens is 2. The molecule has 34 heavy (non-hydrogen) atoms. The first-order valence-electron chi connectivity index (χ1n) is 10.6. The van der Waals surface area contributed by atoms with Crippen LogP contribution in [0.2, 0.25) is 0 Å². The van der Waals surface area contributed by atoms with E-state index < -0.39 is 0 Å². The minimum absolute atomic E-state index is 0.211. The van der Waals surface area contributed by atoms with Crippen molar-refractivity contribution in [3.8, 4) is 11.5 Å². The molecular formula is C26H22BrFN2O3S. The molecule has 0 atom stereocenters. The van der Waals surface area contributed by atoms with Crippen molar-refractivity contribution in [1.29, 1.82) is 0 Å². The summed E-state index contributed by atoms with van der Waals surface area (Å²) in [6.45, 7) is 4.62. The van der Waals surface area contributed by atoms with E-state index in [2.05, 4.69) is 26.2 Å². The van der Waals surface area contributed by atoms with Crippen LogP contribution in [0.25, 0.3) is 6.08 Å². The molecule has 1 N–H and O–H groups in total. The van der Waals surface area contributed by atoms with E-state index in [0.29, 0.717) is 28.2 Å². The lowest BCUT2D eigenvalue weighted by molar-refractivity contribution is -0.115. The second kappa shape index (κ2) is 10.9. The molecule has 174 valence electrons. The first kappa shape index (κ1) is 24.0. The second-order valence-corrected chi connectivity index (χ2v) is 9.37. The van der Waals surface area contributed by atoms with Gasteiger partial charge in [0.15, 0.2) is 16.7 Å². The summed E-state index contributed by atoms with van der Waals surface area (Å²) in [6, 6.07) is 17.5. The molecule has 0 saturated carbocycles. The van der Waals surface area contributed by atoms with Gasteiger partial charge in [-0.3, -0.25) is 4.79 Å². The van der Waals surface area contributed by atoms with E-state index in [9.17, 15) is 9.18 Å². The fourth-order valence-corrected chi connectivity index (χ4v) is 4.41. The van der Waals surface area contributed by atoms with Gasteiger partial charge in [0.1, 0.15) is 12.4 Å². The maximum absolute atomic E-state index is 13.1. The fourth-order valence-electron chi connectivity index (χ4n) is 3.14. The van der Waals surface area contributed by atoms with Crippen LogP contribution in [0.3, 0.4) is 0 Å². The molecule has 3 aromatic rings. The zero-order valence-corrected chi connectivity index (χ0v) is 21.0. The minimum atomic E-state index is -0.292. The molecule has 1 amide bonds. The first-order valence-corrected chi connectivity index (χ1v) is 12.2. The first-order chi connectivity index (χ1) is 16.4. The van der Waals surface area contributed by atoms with Gasteiger partial charge in [0, 0.05) is 4.47 Å². The number of rotatable bonds is 7. The molecule has 0 aliphatic carbocycles. The lowest BCUT2D eigenvalue weighted by atomic mass is 10.1. The Morgan fingerprint density at radius 1 is 1.06 bits per heavy atom. The number of aryl methyl sites for hydroxylation is 1. The smallest absolute Gasteiger partial charge is 0.264 e. The largest absolute Gasteiger partial charge is 0.490 e. The Balaban J connectivity index is 1.55. The third-order valence-electron chi connectivity index (χ3n) is 4.87. The standard InChI is InChI=1S/C26H22BrFN2O3S/c1-3-32-22-12-18(21(27)14-23(22)33-15-17-6-8-19(28)9-7-17)13-24-25(31)30-26(34-24)29-20-10-4-16(2)5-11-20/h4-14H,3,15H2,1-2H3,(H,29,30,31)/b24-13+. The maximum Gasteiger partial charge on any atom is 0.264 e. The normalized spacial score (nSPS) is 15.6. The van der Waals surface area contributed by atoms with Gasteiger partial charge in [-0.15, -0.1) is 0 Å². The summed E-state index contributed by atoms with van der Waals surface area (Å²) in [6.07, 6.45) is 1.79. The number of aliphatic imine (C=N–C) groups is 1. The van der Waals surface area contributed by atoms with E-state index in [4.69, 9.17) is 9.47 Å². The number of thioether (sulfide) groups is 1. The summed E-state index contributed by atoms with van der Waals surface area (Å²) < 4.78 is 25.6. The monoisotopic (exact) mass is 540 g/mol. The molecule has 5 nitrogen and oxygen atoms in total. The van der Waals surface area contributed by atoms with Crippen LogP contribution in [0.5, 0.6) is 11.5 Å². The van der Waals surface area contributed by atoms with Crippen LogP contribution in [0.15, 0.2) is 75.0 Å². The summed E-state index contributed by atoms with van der Waals surface area (Å²) >= 11 is 4.85. The highest BCUT2D eigenvalue weighted by Crippen LogP contribution is 2.37. The fraction of sp³-hybridized carbons (Fsp3) is 0.154. The van der Waals surface area contributed by atoms with Gasteiger partial charge in [-0.05, 0) is 79.2 Å². The Labute approximate surface area is 210 Å². The lowest BCUT2D eigenvalue weighted by Gasteiger charge is -2.14. The number of amidine groups is 1. The quantitative estimate of drug-likeness (QED) is 0.336. The van der Waals surface area contributed by atoms with Gasteiger partial charge >= 0.3 is 0 Å². The van der Waals surface area contributed by atoms with Gasteiger partial charge < -0.3 is 14.8 Å². The van der Waals surface area contributed by atoms with Gasteiger partial charge in [-0.1, -0.05) is 45.8 Å². The molecule has 1 aliphatic rings. The minimum Gasteiger partial charge on any atom is -0.490 e. The SMILES string of the molecule is CCOc1cc(/C=C2/SC(=Nc3ccc(C)cc3)NC2=O)c(Br)cc1OCc1ccc(F)cc1. The predicted molar refractivity (Wildman–Crippen MR) is 138 cm³/mol. The molecule has 8 heteroatoms. The van der Waals surface area contributed by atoms with Crippen LogP contribution < -0.4 is 14.8 Å². The number of nitrogens with one attached hydrogen (secondary N) is 1. The van der Waals surface area contributed by atoms with Gasteiger partial charge in [0.05, 0.1) is 17.2 Å². The Hall–Kier alpha value is -3.10. The summed E-state index contributed by atoms with van der Waals surface area (Å²) in [7, 11) is 0. The number of benzene rings is 3. The lowest BCUT2D eigenvalue weighted by Crippen LogP contribution is -2.19. The molecule has 0 bridgehead atoms. The molecule has 1 aliphatic heterocycles. The summed E-state index contributed by atoms with van der Waals surface area (Å²) in [5, 5.41) is 3.34. The van der Waals surface area contributed by atoms with Crippen molar-refractivity contribution in [3.63, 3.8) is 0 Å². The van der Waals surface area contributed by atoms with Crippen molar-refractivity contribution in [2.45, 2.75) is 20.5 Å². The van der Waals surface area contributed by atoms with E-state index in [0.717, 1.165) is 26.9 Å². The predicted octanol–water partition coefficient (Wildman–Crippen LogP) is 6.77. The second-order valence-electron chi connectivity index (χ2n) is 7.49. The molecule has 0 unspecified atom stereocenters. The number of amides is 1. The number of hydrogen-bond donors (Lipinski definition) is 1. The van der Waals surface area contributed by atoms with Gasteiger partial charge in [-0.25, -0.2) is 9.38 Å². The van der Waals surface area contributed by atoms with E-state index >= 15 is 0 Å². The van der Waals surface area contributed by atoms with E-state index in [1.165, 1.54) is 23.9 Å². The topological polar surface area (TPSA) is 59.9 Å². The Morgan fingerprint density at radius 3 is 2.47 bits per heavy atom. The Morgan fingerprint density at radius 2 is 1.76 bits per heavy atom. The van der Waals surface area contributed by atoms with Crippen molar-refractivity contribution in [2.24, 2.45) is 4.99 Å². The zero-order chi connectivity index (χ0) is 24.1. The summed E-state index contributed by atoms with van der Waals surface area (Å²) in [4.78, 5) is 17.6. The third kappa shape index (κ3) is 6.07. The van der Waals surface area contributed by atoms with Gasteiger partial charge in [0.2, 0.25) is 0 Å². The van der Waals surface area contributed by atoms with Gasteiger partial charge in [0.25, 0.3) is 5.91 Å². The van der Waals surface area contributed by atoms with Crippen molar-refractivity contribution < 1.29 is 18.7 Å². The van der Waals surface area contributed by atoms with E-state index in [1.54, 1.807) is 24.3 Å². The van der Waals surface area contributed by atoms with Crippen molar-refractivity contribution in [1.82, 2.24) is 5.32 Å². The van der Waals surface area contributed by atoms with Crippen molar-refractivity contribution in [3.05, 3.63) is 92.5 Å². The van der Waals surface area contributed by atoms with Crippen LogP contribution in [-0.2, 0) is 11.4 Å². The molecule has 4 rings (SSSR count). The maximum atomic E-state index is 13.1. The van der Waals surface area contributed by atoms with Gasteiger partial charge in [-0.2, -0.15) is 0 Å². The number of ether oxygens (including phenoxy) is 2. The highest BCUT2D eigenvalue weighted by Gasteiger charge is 2.24.